The normalized spacial score (nSPS) is 10.3. The molecule has 0 aliphatic rings. The lowest BCUT2D eigenvalue weighted by atomic mass is 10.1. The summed E-state index contributed by atoms with van der Waals surface area (Å²) >= 11 is 0. The third kappa shape index (κ3) is 3.80. The smallest absolute Gasteiger partial charge is 0.301 e. The molecule has 2 rings (SSSR count). The van der Waals surface area contributed by atoms with Gasteiger partial charge in [-0.25, -0.2) is 4.79 Å². The van der Waals surface area contributed by atoms with E-state index in [2.05, 4.69) is 9.68 Å². The minimum absolute atomic E-state index is 0.0920. The second-order valence-electron chi connectivity index (χ2n) is 4.29. The fourth-order valence-electron chi connectivity index (χ4n) is 1.79. The molecule has 0 aliphatic carbocycles. The van der Waals surface area contributed by atoms with Gasteiger partial charge in [0.15, 0.2) is 0 Å². The number of carbonyl (C=O) groups is 3. The van der Waals surface area contributed by atoms with Gasteiger partial charge in [0.2, 0.25) is 5.39 Å². The van der Waals surface area contributed by atoms with Gasteiger partial charge in [0.1, 0.15) is 0 Å². The highest BCUT2D eigenvalue weighted by atomic mass is 17.2. The number of rotatable bonds is 4. The van der Waals surface area contributed by atoms with Crippen LogP contribution in [0, 0.1) is 0 Å². The maximum absolute atomic E-state index is 12.2. The van der Waals surface area contributed by atoms with Crippen LogP contribution >= 0.6 is 0 Å². The zero-order valence-electron chi connectivity index (χ0n) is 11.9. The van der Waals surface area contributed by atoms with Crippen molar-refractivity contribution < 1.29 is 28.9 Å². The molecule has 0 bridgehead atoms. The molecule has 0 amide bonds. The van der Waals surface area contributed by atoms with Crippen LogP contribution in [0.25, 0.3) is 10.8 Å². The van der Waals surface area contributed by atoms with E-state index in [1.54, 1.807) is 24.3 Å². The first-order chi connectivity index (χ1) is 10.5. The average molecular weight is 303 g/mol. The number of carbonyl (C=O) groups excluding carboxylic acids is 3. The van der Waals surface area contributed by atoms with Crippen LogP contribution in [0.15, 0.2) is 42.5 Å². The van der Waals surface area contributed by atoms with Gasteiger partial charge in [-0.2, -0.15) is 0 Å². The Kier molecular flexibility index (Phi) is 4.70. The van der Waals surface area contributed by atoms with E-state index >= 15 is 0 Å². The molecule has 0 N–H and O–H groups in total. The van der Waals surface area contributed by atoms with Gasteiger partial charge in [-0.05, 0) is 16.8 Å². The van der Waals surface area contributed by atoms with Crippen LogP contribution in [0.3, 0.4) is 0 Å². The van der Waals surface area contributed by atoms with Crippen molar-refractivity contribution in [1.82, 2.24) is 5.39 Å². The molecule has 2 aromatic rings. The summed E-state index contributed by atoms with van der Waals surface area (Å²) < 4.78 is 0. The van der Waals surface area contributed by atoms with Crippen LogP contribution in [-0.4, -0.2) is 23.3 Å². The molecule has 2 aromatic carbocycles. The zero-order valence-corrected chi connectivity index (χ0v) is 11.9. The lowest BCUT2D eigenvalue weighted by Gasteiger charge is -2.16. The molecule has 0 heterocycles. The number of fused-ring (bicyclic) bond motifs is 1. The fraction of sp³-hybridized carbons (Fsp3) is 0.133. The Morgan fingerprint density at radius 3 is 2.05 bits per heavy atom. The molecular formula is C15H13NO6. The summed E-state index contributed by atoms with van der Waals surface area (Å²) in [5.74, 6) is -2.46. The maximum atomic E-state index is 12.2. The lowest BCUT2D eigenvalue weighted by Crippen LogP contribution is -2.31. The first-order valence-electron chi connectivity index (χ1n) is 6.34. The second kappa shape index (κ2) is 6.68. The number of benzene rings is 2. The summed E-state index contributed by atoms with van der Waals surface area (Å²) in [4.78, 5) is 47.7. The van der Waals surface area contributed by atoms with Crippen molar-refractivity contribution in [2.24, 2.45) is 0 Å². The summed E-state index contributed by atoms with van der Waals surface area (Å²) in [5, 5.41) is 1.58. The fourth-order valence-corrected chi connectivity index (χ4v) is 1.79. The van der Waals surface area contributed by atoms with Crippen LogP contribution in [-0.2, 0) is 24.1 Å². The van der Waals surface area contributed by atoms with Crippen LogP contribution in [0.5, 0.6) is 0 Å². The Bertz CT molecular complexity index is 706. The molecule has 0 radical (unpaired) electrons. The zero-order chi connectivity index (χ0) is 16.1. The van der Waals surface area contributed by atoms with Gasteiger partial charge >= 0.3 is 17.9 Å². The Hall–Kier alpha value is -2.93. The van der Waals surface area contributed by atoms with Crippen molar-refractivity contribution in [1.29, 1.82) is 0 Å². The van der Waals surface area contributed by atoms with Crippen molar-refractivity contribution in [3.8, 4) is 0 Å². The minimum Gasteiger partial charge on any atom is -0.301 e. The van der Waals surface area contributed by atoms with Crippen LogP contribution in [0.1, 0.15) is 24.2 Å². The second-order valence-corrected chi connectivity index (χ2v) is 4.29. The lowest BCUT2D eigenvalue weighted by molar-refractivity contribution is -0.458. The van der Waals surface area contributed by atoms with E-state index in [1.807, 2.05) is 18.2 Å². The molecule has 0 aromatic heterocycles. The standard InChI is InChI=1S/C15H13NO6/c1-10(17)20-16(21-11(2)18)22-15(19)14-9-5-7-12-6-3-4-8-13(12)14/h3-9H,1-2H3. The molecular weight excluding hydrogens is 290 g/mol. The summed E-state index contributed by atoms with van der Waals surface area (Å²) in [5.41, 5.74) is 0.238. The van der Waals surface area contributed by atoms with Crippen molar-refractivity contribution in [3.05, 3.63) is 48.0 Å². The van der Waals surface area contributed by atoms with E-state index in [1.165, 1.54) is 0 Å². The molecule has 7 heteroatoms. The first kappa shape index (κ1) is 15.5. The molecule has 22 heavy (non-hydrogen) atoms. The summed E-state index contributed by atoms with van der Waals surface area (Å²) in [6.07, 6.45) is 0. The maximum Gasteiger partial charge on any atom is 0.364 e. The first-order valence-corrected chi connectivity index (χ1v) is 6.34. The highest BCUT2D eigenvalue weighted by Gasteiger charge is 2.21. The van der Waals surface area contributed by atoms with Gasteiger partial charge in [-0.15, -0.1) is 0 Å². The molecule has 0 spiro atoms. The van der Waals surface area contributed by atoms with Gasteiger partial charge < -0.3 is 9.68 Å². The molecule has 0 atom stereocenters. The quantitative estimate of drug-likeness (QED) is 0.800. The van der Waals surface area contributed by atoms with E-state index in [4.69, 9.17) is 4.84 Å². The van der Waals surface area contributed by atoms with Gasteiger partial charge in [0.25, 0.3) is 0 Å². The third-order valence-corrected chi connectivity index (χ3v) is 2.57. The molecule has 114 valence electrons. The highest BCUT2D eigenvalue weighted by Crippen LogP contribution is 2.19. The Morgan fingerprint density at radius 2 is 1.41 bits per heavy atom. The van der Waals surface area contributed by atoms with E-state index in [9.17, 15) is 14.4 Å². The summed E-state index contributed by atoms with van der Waals surface area (Å²) in [6, 6.07) is 12.2. The topological polar surface area (TPSA) is 82.1 Å². The number of hydrogen-bond acceptors (Lipinski definition) is 7. The van der Waals surface area contributed by atoms with Crippen LogP contribution in [0.4, 0.5) is 0 Å². The van der Waals surface area contributed by atoms with Crippen molar-refractivity contribution in [2.75, 3.05) is 0 Å². The third-order valence-electron chi connectivity index (χ3n) is 2.57. The largest absolute Gasteiger partial charge is 0.364 e. The molecule has 0 unspecified atom stereocenters. The molecule has 0 saturated carbocycles. The number of nitrogens with zero attached hydrogens (tertiary/aromatic N) is 1. The van der Waals surface area contributed by atoms with Gasteiger partial charge in [-0.3, -0.25) is 14.4 Å². The van der Waals surface area contributed by atoms with Gasteiger partial charge in [0, 0.05) is 13.8 Å². The van der Waals surface area contributed by atoms with Crippen molar-refractivity contribution in [3.63, 3.8) is 0 Å². The van der Waals surface area contributed by atoms with Crippen LogP contribution in [0.2, 0.25) is 0 Å². The SMILES string of the molecule is CC(=O)ON(OC(C)=O)OC(=O)c1cccc2ccccc12. The Morgan fingerprint density at radius 1 is 0.818 bits per heavy atom. The molecule has 0 fully saturated rings. The molecule has 7 nitrogen and oxygen atoms in total. The minimum atomic E-state index is -0.834. The van der Waals surface area contributed by atoms with E-state index < -0.39 is 17.9 Å². The van der Waals surface area contributed by atoms with Crippen molar-refractivity contribution >= 4 is 28.7 Å². The van der Waals surface area contributed by atoms with E-state index in [0.29, 0.717) is 5.39 Å². The number of hydrogen-bond donors (Lipinski definition) is 0. The van der Waals surface area contributed by atoms with Crippen LogP contribution < -0.4 is 0 Å². The van der Waals surface area contributed by atoms with E-state index in [-0.39, 0.29) is 11.0 Å². The monoisotopic (exact) mass is 303 g/mol. The van der Waals surface area contributed by atoms with Gasteiger partial charge in [0.05, 0.1) is 5.56 Å². The predicted octanol–water partition coefficient (Wildman–Crippen LogP) is 2.17. The van der Waals surface area contributed by atoms with E-state index in [0.717, 1.165) is 19.2 Å². The summed E-state index contributed by atoms with van der Waals surface area (Å²) in [6.45, 7) is 2.14. The average Bonchev–Trinajstić information content (AvgIpc) is 2.45. The van der Waals surface area contributed by atoms with Gasteiger partial charge in [-0.1, -0.05) is 36.4 Å². The van der Waals surface area contributed by atoms with Crippen molar-refractivity contribution in [2.45, 2.75) is 13.8 Å². The predicted molar refractivity (Wildman–Crippen MR) is 74.7 cm³/mol. The Balaban J connectivity index is 2.25. The molecule has 0 aliphatic heterocycles. The Labute approximate surface area is 125 Å². The highest BCUT2D eigenvalue weighted by molar-refractivity contribution is 6.04. The summed E-state index contributed by atoms with van der Waals surface area (Å²) in [7, 11) is 0. The molecule has 0 saturated heterocycles.